The van der Waals surface area contributed by atoms with Crippen LogP contribution in [0.1, 0.15) is 27.7 Å². The largest absolute Gasteiger partial charge is 0.497 e. The van der Waals surface area contributed by atoms with Crippen LogP contribution in [0.5, 0.6) is 11.5 Å². The first-order valence-corrected chi connectivity index (χ1v) is 6.56. The number of amides is 1. The summed E-state index contributed by atoms with van der Waals surface area (Å²) in [6.45, 7) is 6.75. The van der Waals surface area contributed by atoms with Gasteiger partial charge in [0.1, 0.15) is 23.1 Å². The molecule has 0 unspecified atom stereocenters. The van der Waals surface area contributed by atoms with Gasteiger partial charge in [-0.05, 0) is 52.0 Å². The molecule has 0 saturated carbocycles. The molecule has 0 bridgehead atoms. The van der Waals surface area contributed by atoms with Gasteiger partial charge in [-0.15, -0.1) is 0 Å². The van der Waals surface area contributed by atoms with Crippen molar-refractivity contribution >= 4 is 12.1 Å². The summed E-state index contributed by atoms with van der Waals surface area (Å²) in [4.78, 5) is 23.4. The van der Waals surface area contributed by atoms with Gasteiger partial charge in [0.05, 0.1) is 7.11 Å². The molecule has 116 valence electrons. The molecule has 1 atom stereocenters. The molecule has 0 fully saturated rings. The van der Waals surface area contributed by atoms with Gasteiger partial charge >= 0.3 is 12.1 Å². The number of esters is 1. The quantitative estimate of drug-likeness (QED) is 0.682. The maximum Gasteiger partial charge on any atom is 0.408 e. The highest BCUT2D eigenvalue weighted by atomic mass is 16.6. The van der Waals surface area contributed by atoms with E-state index in [0.717, 1.165) is 0 Å². The highest BCUT2D eigenvalue weighted by Gasteiger charge is 2.22. The third-order valence-corrected chi connectivity index (χ3v) is 2.36. The molecule has 6 nitrogen and oxygen atoms in total. The van der Waals surface area contributed by atoms with Gasteiger partial charge in [0.2, 0.25) is 0 Å². The van der Waals surface area contributed by atoms with Gasteiger partial charge in [-0.25, -0.2) is 9.59 Å². The molecular formula is C15H21NO5. The van der Waals surface area contributed by atoms with Crippen LogP contribution >= 0.6 is 0 Å². The minimum atomic E-state index is -0.818. The number of ether oxygens (including phenoxy) is 3. The van der Waals surface area contributed by atoms with Crippen molar-refractivity contribution < 1.29 is 23.8 Å². The Morgan fingerprint density at radius 2 is 1.62 bits per heavy atom. The highest BCUT2D eigenvalue weighted by Crippen LogP contribution is 2.17. The third kappa shape index (κ3) is 6.16. The summed E-state index contributed by atoms with van der Waals surface area (Å²) >= 11 is 0. The number of carbonyl (C=O) groups excluding carboxylic acids is 2. The fourth-order valence-corrected chi connectivity index (χ4v) is 1.39. The number of rotatable bonds is 4. The zero-order valence-corrected chi connectivity index (χ0v) is 12.9. The molecule has 0 aliphatic rings. The van der Waals surface area contributed by atoms with Crippen molar-refractivity contribution in [3.8, 4) is 11.5 Å². The minimum Gasteiger partial charge on any atom is -0.497 e. The Labute approximate surface area is 124 Å². The van der Waals surface area contributed by atoms with Gasteiger partial charge in [0, 0.05) is 0 Å². The predicted molar refractivity (Wildman–Crippen MR) is 77.5 cm³/mol. The van der Waals surface area contributed by atoms with E-state index in [1.807, 2.05) is 0 Å². The van der Waals surface area contributed by atoms with Crippen LogP contribution in [0.4, 0.5) is 4.79 Å². The van der Waals surface area contributed by atoms with Crippen molar-refractivity contribution in [1.82, 2.24) is 5.32 Å². The van der Waals surface area contributed by atoms with E-state index < -0.39 is 23.7 Å². The van der Waals surface area contributed by atoms with Crippen LogP contribution < -0.4 is 14.8 Å². The fourth-order valence-electron chi connectivity index (χ4n) is 1.39. The van der Waals surface area contributed by atoms with E-state index >= 15 is 0 Å². The molecule has 0 radical (unpaired) electrons. The van der Waals surface area contributed by atoms with Crippen molar-refractivity contribution in [2.75, 3.05) is 7.11 Å². The summed E-state index contributed by atoms with van der Waals surface area (Å²) in [5.74, 6) is 0.458. The Kier molecular flexibility index (Phi) is 5.58. The number of hydrogen-bond donors (Lipinski definition) is 1. The highest BCUT2D eigenvalue weighted by molar-refractivity contribution is 5.82. The summed E-state index contributed by atoms with van der Waals surface area (Å²) in [6.07, 6.45) is -0.665. The van der Waals surface area contributed by atoms with Gasteiger partial charge < -0.3 is 19.5 Å². The van der Waals surface area contributed by atoms with Gasteiger partial charge in [0.25, 0.3) is 0 Å². The number of nitrogens with one attached hydrogen (secondary N) is 1. The van der Waals surface area contributed by atoms with Gasteiger partial charge in [-0.1, -0.05) is 0 Å². The standard InChI is InChI=1S/C15H21NO5/c1-10(16-14(18)21-15(2,3)4)13(17)20-12-8-6-11(19-5)7-9-12/h6-10H,1-5H3,(H,16,18)/t10-/m0/s1. The second-order valence-electron chi connectivity index (χ2n) is 5.46. The van der Waals surface area contributed by atoms with Crippen LogP contribution in [-0.4, -0.2) is 30.8 Å². The molecule has 0 aliphatic carbocycles. The van der Waals surface area contributed by atoms with E-state index in [2.05, 4.69) is 5.32 Å². The molecule has 0 aliphatic heterocycles. The second-order valence-corrected chi connectivity index (χ2v) is 5.46. The number of hydrogen-bond acceptors (Lipinski definition) is 5. The Morgan fingerprint density at radius 1 is 1.10 bits per heavy atom. The minimum absolute atomic E-state index is 0.374. The topological polar surface area (TPSA) is 73.9 Å². The van der Waals surface area contributed by atoms with Gasteiger partial charge in [0.15, 0.2) is 0 Å². The van der Waals surface area contributed by atoms with Crippen LogP contribution in [0.3, 0.4) is 0 Å². The van der Waals surface area contributed by atoms with Crippen molar-refractivity contribution in [2.24, 2.45) is 0 Å². The molecule has 1 aromatic rings. The van der Waals surface area contributed by atoms with Gasteiger partial charge in [-0.3, -0.25) is 0 Å². The van der Waals surface area contributed by atoms with Crippen LogP contribution in [0.2, 0.25) is 0 Å². The first-order valence-electron chi connectivity index (χ1n) is 6.56. The first-order chi connectivity index (χ1) is 9.71. The molecule has 0 spiro atoms. The predicted octanol–water partition coefficient (Wildman–Crippen LogP) is 2.51. The zero-order valence-electron chi connectivity index (χ0n) is 12.9. The third-order valence-electron chi connectivity index (χ3n) is 2.36. The summed E-state index contributed by atoms with van der Waals surface area (Å²) < 4.78 is 15.2. The van der Waals surface area contributed by atoms with Gasteiger partial charge in [-0.2, -0.15) is 0 Å². The normalized spacial score (nSPS) is 12.2. The first kappa shape index (κ1) is 16.8. The average molecular weight is 295 g/mol. The summed E-state index contributed by atoms with van der Waals surface area (Å²) in [7, 11) is 1.55. The molecule has 21 heavy (non-hydrogen) atoms. The number of methoxy groups -OCH3 is 1. The molecular weight excluding hydrogens is 274 g/mol. The van der Waals surface area contributed by atoms with Crippen molar-refractivity contribution in [1.29, 1.82) is 0 Å². The van der Waals surface area contributed by atoms with E-state index in [-0.39, 0.29) is 0 Å². The maximum atomic E-state index is 11.8. The fraction of sp³-hybridized carbons (Fsp3) is 0.467. The monoisotopic (exact) mass is 295 g/mol. The SMILES string of the molecule is COc1ccc(OC(=O)[C@H](C)NC(=O)OC(C)(C)C)cc1. The van der Waals surface area contributed by atoms with E-state index in [1.165, 1.54) is 6.92 Å². The Balaban J connectivity index is 2.52. The molecule has 0 saturated heterocycles. The average Bonchev–Trinajstić information content (AvgIpc) is 2.37. The van der Waals surface area contributed by atoms with Crippen LogP contribution in [0.15, 0.2) is 24.3 Å². The zero-order chi connectivity index (χ0) is 16.0. The molecule has 0 aromatic heterocycles. The number of benzene rings is 1. The van der Waals surface area contributed by atoms with Crippen LogP contribution in [0.25, 0.3) is 0 Å². The molecule has 1 amide bonds. The number of alkyl carbamates (subject to hydrolysis) is 1. The molecule has 0 heterocycles. The summed E-state index contributed by atoms with van der Waals surface area (Å²) in [5.41, 5.74) is -0.621. The van der Waals surface area contributed by atoms with E-state index in [0.29, 0.717) is 11.5 Å². The van der Waals surface area contributed by atoms with Crippen molar-refractivity contribution in [2.45, 2.75) is 39.3 Å². The van der Waals surface area contributed by atoms with E-state index in [4.69, 9.17) is 14.2 Å². The second kappa shape index (κ2) is 6.97. The lowest BCUT2D eigenvalue weighted by molar-refractivity contribution is -0.136. The van der Waals surface area contributed by atoms with Crippen molar-refractivity contribution in [3.05, 3.63) is 24.3 Å². The lowest BCUT2D eigenvalue weighted by Gasteiger charge is -2.21. The Bertz CT molecular complexity index is 490. The maximum absolute atomic E-state index is 11.8. The molecule has 1 aromatic carbocycles. The molecule has 6 heteroatoms. The van der Waals surface area contributed by atoms with Crippen LogP contribution in [0, 0.1) is 0 Å². The van der Waals surface area contributed by atoms with Crippen molar-refractivity contribution in [3.63, 3.8) is 0 Å². The summed E-state index contributed by atoms with van der Waals surface area (Å²) in [5, 5.41) is 2.42. The molecule has 1 rings (SSSR count). The summed E-state index contributed by atoms with van der Waals surface area (Å²) in [6, 6.07) is 5.75. The lowest BCUT2D eigenvalue weighted by Crippen LogP contribution is -2.43. The van der Waals surface area contributed by atoms with E-state index in [1.54, 1.807) is 52.1 Å². The molecule has 1 N–H and O–H groups in total. The smallest absolute Gasteiger partial charge is 0.408 e. The Morgan fingerprint density at radius 3 is 2.10 bits per heavy atom. The van der Waals surface area contributed by atoms with E-state index in [9.17, 15) is 9.59 Å². The lowest BCUT2D eigenvalue weighted by atomic mass is 10.2. The number of carbonyl (C=O) groups is 2. The van der Waals surface area contributed by atoms with Crippen LogP contribution in [-0.2, 0) is 9.53 Å². The Hall–Kier alpha value is -2.24.